The normalized spacial score (nSPS) is 18.8. The van der Waals surface area contributed by atoms with Crippen LogP contribution in [0.2, 0.25) is 0 Å². The quantitative estimate of drug-likeness (QED) is 0.875. The van der Waals surface area contributed by atoms with Crippen LogP contribution in [0.15, 0.2) is 0 Å². The third kappa shape index (κ3) is 2.32. The zero-order valence-corrected chi connectivity index (χ0v) is 11.1. The number of anilines is 1. The second-order valence-electron chi connectivity index (χ2n) is 5.14. The molecule has 1 atom stereocenters. The fourth-order valence-electron chi connectivity index (χ4n) is 2.79. The second kappa shape index (κ2) is 5.08. The van der Waals surface area contributed by atoms with Gasteiger partial charge in [0, 0.05) is 26.0 Å². The highest BCUT2D eigenvalue weighted by atomic mass is 16.5. The first kappa shape index (κ1) is 12.4. The van der Waals surface area contributed by atoms with Crippen LogP contribution in [-0.4, -0.2) is 23.3 Å². The van der Waals surface area contributed by atoms with Crippen LogP contribution < -0.4 is 5.73 Å². The summed E-state index contributed by atoms with van der Waals surface area (Å²) in [7, 11) is 3.74. The van der Waals surface area contributed by atoms with Gasteiger partial charge >= 0.3 is 0 Å². The topological polar surface area (TPSA) is 53.1 Å². The van der Waals surface area contributed by atoms with Crippen molar-refractivity contribution in [1.29, 1.82) is 0 Å². The number of methoxy groups -OCH3 is 1. The van der Waals surface area contributed by atoms with E-state index in [4.69, 9.17) is 15.5 Å². The number of aromatic nitrogens is 2. The van der Waals surface area contributed by atoms with Crippen molar-refractivity contribution in [2.45, 2.75) is 44.4 Å². The van der Waals surface area contributed by atoms with Crippen LogP contribution in [0, 0.1) is 0 Å². The van der Waals surface area contributed by atoms with Crippen LogP contribution in [0.1, 0.15) is 56.0 Å². The first-order valence-corrected chi connectivity index (χ1v) is 6.46. The average molecular weight is 237 g/mol. The minimum Gasteiger partial charge on any atom is -0.384 e. The monoisotopic (exact) mass is 237 g/mol. The van der Waals surface area contributed by atoms with Gasteiger partial charge in [0.2, 0.25) is 0 Å². The van der Waals surface area contributed by atoms with E-state index in [1.165, 1.54) is 25.7 Å². The molecule has 1 aromatic heterocycles. The number of ether oxygens (including phenoxy) is 1. The lowest BCUT2D eigenvalue weighted by molar-refractivity contribution is 0.183. The molecule has 0 radical (unpaired) electrons. The van der Waals surface area contributed by atoms with Crippen molar-refractivity contribution in [3.63, 3.8) is 0 Å². The van der Waals surface area contributed by atoms with Gasteiger partial charge in [-0.2, -0.15) is 0 Å². The largest absolute Gasteiger partial charge is 0.384 e. The van der Waals surface area contributed by atoms with E-state index < -0.39 is 0 Å². The Bertz CT molecular complexity index is 380. The van der Waals surface area contributed by atoms with Crippen LogP contribution >= 0.6 is 0 Å². The smallest absolute Gasteiger partial charge is 0.126 e. The van der Waals surface area contributed by atoms with Crippen molar-refractivity contribution in [2.24, 2.45) is 7.05 Å². The summed E-state index contributed by atoms with van der Waals surface area (Å²) in [5.41, 5.74) is 7.14. The summed E-state index contributed by atoms with van der Waals surface area (Å²) in [6.07, 6.45) is 5.14. The first-order chi connectivity index (χ1) is 8.15. The summed E-state index contributed by atoms with van der Waals surface area (Å²) in [5, 5.41) is 0. The zero-order chi connectivity index (χ0) is 12.4. The van der Waals surface area contributed by atoms with E-state index in [0.717, 1.165) is 17.3 Å². The standard InChI is InChI=1S/C13H23N3O/c1-9(8-17-3)11-12(14)16(2)13(15-11)10-6-4-5-7-10/h9-10H,4-8,14H2,1-3H3. The Morgan fingerprint density at radius 1 is 1.47 bits per heavy atom. The molecule has 1 aliphatic carbocycles. The van der Waals surface area contributed by atoms with E-state index in [1.54, 1.807) is 7.11 Å². The molecular formula is C13H23N3O. The van der Waals surface area contributed by atoms with Crippen molar-refractivity contribution in [3.05, 3.63) is 11.5 Å². The Morgan fingerprint density at radius 3 is 2.71 bits per heavy atom. The van der Waals surface area contributed by atoms with E-state index in [2.05, 4.69) is 11.5 Å². The van der Waals surface area contributed by atoms with Crippen molar-refractivity contribution >= 4 is 5.82 Å². The molecule has 96 valence electrons. The zero-order valence-electron chi connectivity index (χ0n) is 11.1. The number of imidazole rings is 1. The molecule has 0 bridgehead atoms. The maximum absolute atomic E-state index is 6.15. The Labute approximate surface area is 103 Å². The van der Waals surface area contributed by atoms with Gasteiger partial charge in [-0.15, -0.1) is 0 Å². The minimum atomic E-state index is 0.265. The van der Waals surface area contributed by atoms with Gasteiger partial charge in [-0.1, -0.05) is 19.8 Å². The SMILES string of the molecule is COCC(C)c1nc(C2CCCC2)n(C)c1N. The Kier molecular flexibility index (Phi) is 3.72. The van der Waals surface area contributed by atoms with Gasteiger partial charge in [-0.3, -0.25) is 0 Å². The molecule has 0 aliphatic heterocycles. The molecule has 1 saturated carbocycles. The summed E-state index contributed by atoms with van der Waals surface area (Å²) >= 11 is 0. The van der Waals surface area contributed by atoms with Crippen LogP contribution in [0.5, 0.6) is 0 Å². The number of nitrogen functional groups attached to an aromatic ring is 1. The fraction of sp³-hybridized carbons (Fsp3) is 0.769. The molecule has 1 heterocycles. The van der Waals surface area contributed by atoms with E-state index in [0.29, 0.717) is 12.5 Å². The molecule has 4 heteroatoms. The number of hydrogen-bond donors (Lipinski definition) is 1. The van der Waals surface area contributed by atoms with Gasteiger partial charge in [-0.05, 0) is 12.8 Å². The van der Waals surface area contributed by atoms with Crippen molar-refractivity contribution in [2.75, 3.05) is 19.5 Å². The van der Waals surface area contributed by atoms with Gasteiger partial charge in [-0.25, -0.2) is 4.98 Å². The molecule has 2 N–H and O–H groups in total. The molecule has 1 aromatic rings. The third-order valence-corrected chi connectivity index (χ3v) is 3.81. The van der Waals surface area contributed by atoms with Crippen LogP contribution in [-0.2, 0) is 11.8 Å². The van der Waals surface area contributed by atoms with E-state index >= 15 is 0 Å². The van der Waals surface area contributed by atoms with E-state index in [-0.39, 0.29) is 5.92 Å². The molecule has 1 unspecified atom stereocenters. The number of nitrogens with zero attached hydrogens (tertiary/aromatic N) is 2. The van der Waals surface area contributed by atoms with Gasteiger partial charge in [0.1, 0.15) is 11.6 Å². The van der Waals surface area contributed by atoms with Gasteiger partial charge < -0.3 is 15.0 Å². The highest BCUT2D eigenvalue weighted by Crippen LogP contribution is 2.35. The van der Waals surface area contributed by atoms with E-state index in [1.807, 2.05) is 7.05 Å². The molecule has 4 nitrogen and oxygen atoms in total. The van der Waals surface area contributed by atoms with Crippen molar-refractivity contribution in [1.82, 2.24) is 9.55 Å². The predicted octanol–water partition coefficient (Wildman–Crippen LogP) is 2.41. The summed E-state index contributed by atoms with van der Waals surface area (Å²) in [4.78, 5) is 4.77. The van der Waals surface area contributed by atoms with Crippen LogP contribution in [0.3, 0.4) is 0 Å². The van der Waals surface area contributed by atoms with Crippen LogP contribution in [0.4, 0.5) is 5.82 Å². The first-order valence-electron chi connectivity index (χ1n) is 6.46. The summed E-state index contributed by atoms with van der Waals surface area (Å²) in [6.45, 7) is 2.78. The summed E-state index contributed by atoms with van der Waals surface area (Å²) in [6, 6.07) is 0. The summed E-state index contributed by atoms with van der Waals surface area (Å²) in [5.74, 6) is 2.83. The molecule has 0 spiro atoms. The molecule has 0 amide bonds. The van der Waals surface area contributed by atoms with E-state index in [9.17, 15) is 0 Å². The Hall–Kier alpha value is -1.03. The highest BCUT2D eigenvalue weighted by Gasteiger charge is 2.25. The predicted molar refractivity (Wildman–Crippen MR) is 69.1 cm³/mol. The average Bonchev–Trinajstić information content (AvgIpc) is 2.90. The molecule has 1 aliphatic rings. The number of nitrogens with two attached hydrogens (primary N) is 1. The lowest BCUT2D eigenvalue weighted by Gasteiger charge is -2.08. The number of rotatable bonds is 4. The number of hydrogen-bond acceptors (Lipinski definition) is 3. The minimum absolute atomic E-state index is 0.265. The van der Waals surface area contributed by atoms with Crippen molar-refractivity contribution in [3.8, 4) is 0 Å². The van der Waals surface area contributed by atoms with Crippen molar-refractivity contribution < 1.29 is 4.74 Å². The molecule has 0 aromatic carbocycles. The second-order valence-corrected chi connectivity index (χ2v) is 5.14. The Balaban J connectivity index is 2.26. The maximum Gasteiger partial charge on any atom is 0.126 e. The molecule has 17 heavy (non-hydrogen) atoms. The van der Waals surface area contributed by atoms with Gasteiger partial charge in [0.15, 0.2) is 0 Å². The third-order valence-electron chi connectivity index (χ3n) is 3.81. The van der Waals surface area contributed by atoms with Crippen LogP contribution in [0.25, 0.3) is 0 Å². The highest BCUT2D eigenvalue weighted by molar-refractivity contribution is 5.41. The fourth-order valence-corrected chi connectivity index (χ4v) is 2.79. The summed E-state index contributed by atoms with van der Waals surface area (Å²) < 4.78 is 7.25. The molecule has 0 saturated heterocycles. The molecule has 1 fully saturated rings. The molecular weight excluding hydrogens is 214 g/mol. The maximum atomic E-state index is 6.15. The Morgan fingerprint density at radius 2 is 2.12 bits per heavy atom. The lowest BCUT2D eigenvalue weighted by atomic mass is 10.1. The van der Waals surface area contributed by atoms with Gasteiger partial charge in [0.25, 0.3) is 0 Å². The molecule has 2 rings (SSSR count). The van der Waals surface area contributed by atoms with Gasteiger partial charge in [0.05, 0.1) is 12.3 Å². The lowest BCUT2D eigenvalue weighted by Crippen LogP contribution is -2.06.